The van der Waals surface area contributed by atoms with E-state index >= 15 is 0 Å². The molecule has 136 valence electrons. The van der Waals surface area contributed by atoms with E-state index in [1.807, 2.05) is 0 Å². The zero-order valence-electron chi connectivity index (χ0n) is 13.7. The number of anilines is 1. The van der Waals surface area contributed by atoms with Gasteiger partial charge in [-0.25, -0.2) is 9.97 Å². The number of hydrogen-bond acceptors (Lipinski definition) is 4. The quantitative estimate of drug-likeness (QED) is 0.909. The largest absolute Gasteiger partial charge is 0.416 e. The number of nitrogens with one attached hydrogen (secondary N) is 1. The first kappa shape index (κ1) is 17.8. The van der Waals surface area contributed by atoms with Gasteiger partial charge in [0.05, 0.1) is 5.56 Å². The molecular weight excluding hydrogens is 349 g/mol. The lowest BCUT2D eigenvalue weighted by atomic mass is 9.89. The lowest BCUT2D eigenvalue weighted by Gasteiger charge is -2.32. The third-order valence-corrected chi connectivity index (χ3v) is 4.07. The van der Waals surface area contributed by atoms with Crippen molar-refractivity contribution in [2.24, 2.45) is 0 Å². The summed E-state index contributed by atoms with van der Waals surface area (Å²) < 4.78 is 38.6. The van der Waals surface area contributed by atoms with Crippen LogP contribution < -0.4 is 5.32 Å². The topological polar surface area (TPSA) is 75.2 Å². The third-order valence-electron chi connectivity index (χ3n) is 4.07. The first-order chi connectivity index (χ1) is 12.3. The van der Waals surface area contributed by atoms with Crippen LogP contribution in [0.2, 0.25) is 0 Å². The van der Waals surface area contributed by atoms with E-state index in [1.54, 1.807) is 13.0 Å². The molecule has 1 N–H and O–H groups in total. The summed E-state index contributed by atoms with van der Waals surface area (Å²) in [6.45, 7) is 1.63. The molecule has 9 heteroatoms. The summed E-state index contributed by atoms with van der Waals surface area (Å²) in [4.78, 5) is 33.7. The predicted octanol–water partition coefficient (Wildman–Crippen LogP) is 2.69. The van der Waals surface area contributed by atoms with Crippen LogP contribution in [0.3, 0.4) is 0 Å². The Balaban J connectivity index is 1.76. The molecule has 0 saturated heterocycles. The fraction of sp³-hybridized carbons (Fsp3) is 0.294. The molecule has 1 aromatic carbocycles. The van der Waals surface area contributed by atoms with Gasteiger partial charge in [0.25, 0.3) is 5.91 Å². The van der Waals surface area contributed by atoms with Gasteiger partial charge >= 0.3 is 6.18 Å². The Hall–Kier alpha value is -2.97. The van der Waals surface area contributed by atoms with Gasteiger partial charge in [0.1, 0.15) is 6.54 Å². The first-order valence-electron chi connectivity index (χ1n) is 7.83. The Bertz CT molecular complexity index is 840. The van der Waals surface area contributed by atoms with Gasteiger partial charge in [-0.2, -0.15) is 13.2 Å². The normalized spacial score (nSPS) is 17.0. The first-order valence-corrected chi connectivity index (χ1v) is 7.83. The van der Waals surface area contributed by atoms with E-state index in [9.17, 15) is 22.8 Å². The van der Waals surface area contributed by atoms with Crippen LogP contribution in [-0.2, 0) is 11.0 Å². The second-order valence-electron chi connectivity index (χ2n) is 6.01. The number of halogens is 3. The molecule has 1 aromatic heterocycles. The molecule has 2 heterocycles. The summed E-state index contributed by atoms with van der Waals surface area (Å²) in [5, 5.41) is 2.47. The number of benzene rings is 1. The number of hydrogen-bond donors (Lipinski definition) is 1. The Labute approximate surface area is 147 Å². The van der Waals surface area contributed by atoms with Crippen molar-refractivity contribution in [1.82, 2.24) is 14.9 Å². The van der Waals surface area contributed by atoms with E-state index in [-0.39, 0.29) is 30.5 Å². The zero-order chi connectivity index (χ0) is 18.9. The van der Waals surface area contributed by atoms with Crippen LogP contribution in [0.25, 0.3) is 0 Å². The second-order valence-corrected chi connectivity index (χ2v) is 6.01. The molecule has 3 rings (SSSR count). The maximum absolute atomic E-state index is 12.9. The van der Waals surface area contributed by atoms with Crippen LogP contribution in [0.15, 0.2) is 36.7 Å². The summed E-state index contributed by atoms with van der Waals surface area (Å²) in [5.74, 6) is -1.17. The summed E-state index contributed by atoms with van der Waals surface area (Å²) in [5.41, 5.74) is -0.267. The van der Waals surface area contributed by atoms with Gasteiger partial charge in [0.2, 0.25) is 11.9 Å². The maximum atomic E-state index is 12.9. The number of rotatable bonds is 3. The van der Waals surface area contributed by atoms with Crippen molar-refractivity contribution < 1.29 is 22.8 Å². The van der Waals surface area contributed by atoms with Crippen molar-refractivity contribution in [2.75, 3.05) is 18.4 Å². The molecule has 1 atom stereocenters. The number of aromatic nitrogens is 2. The molecule has 26 heavy (non-hydrogen) atoms. The Morgan fingerprint density at radius 3 is 2.65 bits per heavy atom. The van der Waals surface area contributed by atoms with Gasteiger partial charge in [-0.1, -0.05) is 6.92 Å². The second kappa shape index (κ2) is 6.74. The zero-order valence-corrected chi connectivity index (χ0v) is 13.7. The van der Waals surface area contributed by atoms with Crippen molar-refractivity contribution in [1.29, 1.82) is 0 Å². The van der Waals surface area contributed by atoms with Crippen LogP contribution in [0.5, 0.6) is 0 Å². The van der Waals surface area contributed by atoms with E-state index < -0.39 is 23.6 Å². The molecule has 0 unspecified atom stereocenters. The number of nitrogens with zero attached hydrogens (tertiary/aromatic N) is 3. The van der Waals surface area contributed by atoms with Gasteiger partial charge in [0.15, 0.2) is 0 Å². The number of carbonyl (C=O) groups is 2. The van der Waals surface area contributed by atoms with Crippen LogP contribution in [0.4, 0.5) is 19.1 Å². The minimum atomic E-state index is -4.47. The monoisotopic (exact) mass is 364 g/mol. The van der Waals surface area contributed by atoms with Crippen molar-refractivity contribution in [3.8, 4) is 0 Å². The van der Waals surface area contributed by atoms with Crippen LogP contribution in [0.1, 0.15) is 34.3 Å². The smallest absolute Gasteiger partial charge is 0.329 e. The van der Waals surface area contributed by atoms with E-state index in [0.29, 0.717) is 5.56 Å². The molecule has 0 aliphatic carbocycles. The number of amides is 2. The molecule has 0 spiro atoms. The molecule has 1 aliphatic heterocycles. The van der Waals surface area contributed by atoms with Crippen molar-refractivity contribution in [2.45, 2.75) is 19.0 Å². The van der Waals surface area contributed by atoms with Crippen LogP contribution in [0, 0.1) is 0 Å². The summed E-state index contributed by atoms with van der Waals surface area (Å²) in [7, 11) is 0. The molecule has 2 amide bonds. The Morgan fingerprint density at radius 1 is 1.31 bits per heavy atom. The fourth-order valence-electron chi connectivity index (χ4n) is 2.86. The summed E-state index contributed by atoms with van der Waals surface area (Å²) >= 11 is 0. The SMILES string of the molecule is C[C@@H]1CN(CC(=O)Nc2ncccn2)C(=O)c2ccc(C(F)(F)F)cc21. The average Bonchev–Trinajstić information content (AvgIpc) is 2.59. The lowest BCUT2D eigenvalue weighted by Crippen LogP contribution is -2.43. The molecule has 2 aromatic rings. The molecule has 0 saturated carbocycles. The van der Waals surface area contributed by atoms with Gasteiger partial charge in [-0.05, 0) is 35.7 Å². The highest BCUT2D eigenvalue weighted by Gasteiger charge is 2.35. The third kappa shape index (κ3) is 3.66. The standard InChI is InChI=1S/C17H15F3N4O2/c1-10-8-24(9-14(25)23-16-21-5-2-6-22-16)15(26)12-4-3-11(7-13(10)12)17(18,19)20/h2-7,10H,8-9H2,1H3,(H,21,22,23,25)/t10-/m1/s1. The number of alkyl halides is 3. The number of carbonyl (C=O) groups excluding carboxylic acids is 2. The molecular formula is C17H15F3N4O2. The van der Waals surface area contributed by atoms with Crippen molar-refractivity contribution in [3.63, 3.8) is 0 Å². The van der Waals surface area contributed by atoms with Gasteiger partial charge < -0.3 is 4.90 Å². The summed E-state index contributed by atoms with van der Waals surface area (Å²) in [6, 6.07) is 4.65. The summed E-state index contributed by atoms with van der Waals surface area (Å²) in [6.07, 6.45) is -1.54. The average molecular weight is 364 g/mol. The Kier molecular flexibility index (Phi) is 4.62. The Morgan fingerprint density at radius 2 is 2.00 bits per heavy atom. The van der Waals surface area contributed by atoms with Crippen LogP contribution >= 0.6 is 0 Å². The number of fused-ring (bicyclic) bond motifs is 1. The van der Waals surface area contributed by atoms with Gasteiger partial charge in [-0.15, -0.1) is 0 Å². The highest BCUT2D eigenvalue weighted by molar-refractivity contribution is 6.00. The van der Waals surface area contributed by atoms with Crippen molar-refractivity contribution in [3.05, 3.63) is 53.3 Å². The van der Waals surface area contributed by atoms with E-state index in [4.69, 9.17) is 0 Å². The molecule has 0 fully saturated rings. The van der Waals surface area contributed by atoms with Gasteiger partial charge in [0, 0.05) is 24.5 Å². The predicted molar refractivity (Wildman–Crippen MR) is 86.4 cm³/mol. The fourth-order valence-corrected chi connectivity index (χ4v) is 2.86. The molecule has 0 radical (unpaired) electrons. The highest BCUT2D eigenvalue weighted by atomic mass is 19.4. The minimum absolute atomic E-state index is 0.116. The van der Waals surface area contributed by atoms with E-state index in [1.165, 1.54) is 23.4 Å². The minimum Gasteiger partial charge on any atom is -0.329 e. The van der Waals surface area contributed by atoms with E-state index in [0.717, 1.165) is 12.1 Å². The molecule has 6 nitrogen and oxygen atoms in total. The lowest BCUT2D eigenvalue weighted by molar-refractivity contribution is -0.137. The maximum Gasteiger partial charge on any atom is 0.416 e. The van der Waals surface area contributed by atoms with E-state index in [2.05, 4.69) is 15.3 Å². The van der Waals surface area contributed by atoms with Gasteiger partial charge in [-0.3, -0.25) is 14.9 Å². The van der Waals surface area contributed by atoms with Crippen LogP contribution in [-0.4, -0.2) is 39.8 Å². The van der Waals surface area contributed by atoms with Crippen molar-refractivity contribution >= 4 is 17.8 Å². The highest BCUT2D eigenvalue weighted by Crippen LogP contribution is 2.35. The molecule has 0 bridgehead atoms. The molecule has 1 aliphatic rings.